The summed E-state index contributed by atoms with van der Waals surface area (Å²) in [5, 5.41) is 1.37. The van der Waals surface area contributed by atoms with Gasteiger partial charge in [-0.05, 0) is 46.5 Å². The predicted molar refractivity (Wildman–Crippen MR) is 115 cm³/mol. The fourth-order valence-corrected chi connectivity index (χ4v) is 4.13. The van der Waals surface area contributed by atoms with Gasteiger partial charge in [-0.15, -0.1) is 11.8 Å². The van der Waals surface area contributed by atoms with Crippen molar-refractivity contribution in [2.75, 3.05) is 6.54 Å². The standard InChI is InChI=1S/C22H19Cl2NS/c23-19-9-6-18(22(24)14-19)15-26-20-10-7-17(8-11-20)21(12-13-25)16-4-2-1-3-5-16/h1-12,14H,13,15,25H2. The molecule has 2 N–H and O–H groups in total. The van der Waals surface area contributed by atoms with Crippen molar-refractivity contribution in [2.45, 2.75) is 10.6 Å². The van der Waals surface area contributed by atoms with Crippen molar-refractivity contribution < 1.29 is 0 Å². The smallest absolute Gasteiger partial charge is 0.0461 e. The summed E-state index contributed by atoms with van der Waals surface area (Å²) in [7, 11) is 0. The molecular weight excluding hydrogens is 381 g/mol. The predicted octanol–water partition coefficient (Wildman–Crippen LogP) is 6.68. The molecule has 0 spiro atoms. The quantitative estimate of drug-likeness (QED) is 0.467. The molecule has 0 saturated heterocycles. The van der Waals surface area contributed by atoms with E-state index in [2.05, 4.69) is 42.5 Å². The Labute approximate surface area is 168 Å². The molecule has 0 radical (unpaired) electrons. The first kappa shape index (κ1) is 19.1. The molecule has 0 atom stereocenters. The molecule has 0 heterocycles. The van der Waals surface area contributed by atoms with Gasteiger partial charge in [-0.25, -0.2) is 0 Å². The highest BCUT2D eigenvalue weighted by atomic mass is 35.5. The Balaban J connectivity index is 1.74. The van der Waals surface area contributed by atoms with E-state index in [1.54, 1.807) is 17.8 Å². The van der Waals surface area contributed by atoms with Gasteiger partial charge in [-0.3, -0.25) is 0 Å². The molecule has 132 valence electrons. The highest BCUT2D eigenvalue weighted by Crippen LogP contribution is 2.30. The molecule has 3 rings (SSSR count). The van der Waals surface area contributed by atoms with Crippen LogP contribution in [0.5, 0.6) is 0 Å². The van der Waals surface area contributed by atoms with Crippen LogP contribution < -0.4 is 5.73 Å². The molecule has 0 amide bonds. The third kappa shape index (κ3) is 4.93. The Bertz CT molecular complexity index is 890. The van der Waals surface area contributed by atoms with Gasteiger partial charge in [0.25, 0.3) is 0 Å². The molecule has 3 aromatic carbocycles. The van der Waals surface area contributed by atoms with Gasteiger partial charge in [0.05, 0.1) is 0 Å². The van der Waals surface area contributed by atoms with Crippen LogP contribution in [0.25, 0.3) is 5.57 Å². The van der Waals surface area contributed by atoms with Crippen molar-refractivity contribution >= 4 is 40.5 Å². The summed E-state index contributed by atoms with van der Waals surface area (Å²) in [5.41, 5.74) is 10.3. The van der Waals surface area contributed by atoms with Gasteiger partial charge in [0.1, 0.15) is 0 Å². The molecule has 4 heteroatoms. The van der Waals surface area contributed by atoms with E-state index in [4.69, 9.17) is 28.9 Å². The summed E-state index contributed by atoms with van der Waals surface area (Å²) in [4.78, 5) is 1.19. The van der Waals surface area contributed by atoms with Crippen molar-refractivity contribution in [3.8, 4) is 0 Å². The molecule has 0 aliphatic heterocycles. The van der Waals surface area contributed by atoms with Crippen molar-refractivity contribution in [3.63, 3.8) is 0 Å². The van der Waals surface area contributed by atoms with E-state index in [1.807, 2.05) is 30.3 Å². The topological polar surface area (TPSA) is 26.0 Å². The average molecular weight is 400 g/mol. The first-order valence-electron chi connectivity index (χ1n) is 8.30. The summed E-state index contributed by atoms with van der Waals surface area (Å²) in [6, 6.07) is 24.5. The van der Waals surface area contributed by atoms with Crippen LogP contribution in [0.3, 0.4) is 0 Å². The normalized spacial score (nSPS) is 11.6. The minimum Gasteiger partial charge on any atom is -0.327 e. The average Bonchev–Trinajstić information content (AvgIpc) is 2.67. The fourth-order valence-electron chi connectivity index (χ4n) is 2.67. The van der Waals surface area contributed by atoms with Crippen LogP contribution in [0.1, 0.15) is 16.7 Å². The Hall–Kier alpha value is -1.71. The van der Waals surface area contributed by atoms with Crippen LogP contribution in [0, 0.1) is 0 Å². The van der Waals surface area contributed by atoms with Crippen LogP contribution in [-0.2, 0) is 5.75 Å². The Kier molecular flexibility index (Phi) is 6.81. The molecular formula is C22H19Cl2NS. The number of benzene rings is 3. The maximum Gasteiger partial charge on any atom is 0.0461 e. The molecule has 26 heavy (non-hydrogen) atoms. The molecule has 0 unspecified atom stereocenters. The fraction of sp³-hybridized carbons (Fsp3) is 0.0909. The lowest BCUT2D eigenvalue weighted by atomic mass is 9.98. The Morgan fingerprint density at radius 3 is 2.23 bits per heavy atom. The molecule has 0 aromatic heterocycles. The minimum atomic E-state index is 0.510. The van der Waals surface area contributed by atoms with Gasteiger partial charge in [0.15, 0.2) is 0 Å². The van der Waals surface area contributed by atoms with E-state index in [-0.39, 0.29) is 0 Å². The minimum absolute atomic E-state index is 0.510. The van der Waals surface area contributed by atoms with Gasteiger partial charge in [0.2, 0.25) is 0 Å². The lowest BCUT2D eigenvalue weighted by molar-refractivity contribution is 1.25. The number of nitrogens with two attached hydrogens (primary N) is 1. The summed E-state index contributed by atoms with van der Waals surface area (Å²) in [6.07, 6.45) is 2.06. The number of halogens is 2. The van der Waals surface area contributed by atoms with Gasteiger partial charge in [0, 0.05) is 27.2 Å². The Morgan fingerprint density at radius 1 is 0.885 bits per heavy atom. The second-order valence-electron chi connectivity index (χ2n) is 5.77. The molecule has 0 saturated carbocycles. The molecule has 0 fully saturated rings. The third-order valence-electron chi connectivity index (χ3n) is 3.98. The zero-order valence-electron chi connectivity index (χ0n) is 14.2. The number of rotatable bonds is 6. The molecule has 3 aromatic rings. The monoisotopic (exact) mass is 399 g/mol. The number of thioether (sulfide) groups is 1. The van der Waals surface area contributed by atoms with E-state index in [0.29, 0.717) is 16.6 Å². The SMILES string of the molecule is NCC=C(c1ccccc1)c1ccc(SCc2ccc(Cl)cc2Cl)cc1. The van der Waals surface area contributed by atoms with Crippen LogP contribution in [0.4, 0.5) is 0 Å². The van der Waals surface area contributed by atoms with Crippen LogP contribution in [-0.4, -0.2) is 6.54 Å². The van der Waals surface area contributed by atoms with Crippen LogP contribution in [0.15, 0.2) is 83.8 Å². The van der Waals surface area contributed by atoms with Gasteiger partial charge in [-0.1, -0.05) is 77.8 Å². The molecule has 0 aliphatic rings. The van der Waals surface area contributed by atoms with E-state index in [0.717, 1.165) is 22.5 Å². The van der Waals surface area contributed by atoms with E-state index in [1.165, 1.54) is 10.5 Å². The lowest BCUT2D eigenvalue weighted by Crippen LogP contribution is -1.97. The van der Waals surface area contributed by atoms with Crippen molar-refractivity contribution in [1.29, 1.82) is 0 Å². The highest BCUT2D eigenvalue weighted by Gasteiger charge is 2.06. The first-order chi connectivity index (χ1) is 12.7. The summed E-state index contributed by atoms with van der Waals surface area (Å²) in [6.45, 7) is 0.510. The third-order valence-corrected chi connectivity index (χ3v) is 5.63. The summed E-state index contributed by atoms with van der Waals surface area (Å²) in [5.74, 6) is 0.805. The maximum atomic E-state index is 6.25. The summed E-state index contributed by atoms with van der Waals surface area (Å²) < 4.78 is 0. The van der Waals surface area contributed by atoms with Crippen LogP contribution >= 0.6 is 35.0 Å². The van der Waals surface area contributed by atoms with Crippen molar-refractivity contribution in [3.05, 3.63) is 106 Å². The highest BCUT2D eigenvalue weighted by molar-refractivity contribution is 7.98. The second-order valence-corrected chi connectivity index (χ2v) is 7.66. The zero-order valence-corrected chi connectivity index (χ0v) is 16.5. The Morgan fingerprint density at radius 2 is 1.58 bits per heavy atom. The second kappa shape index (κ2) is 9.29. The molecule has 0 bridgehead atoms. The first-order valence-corrected chi connectivity index (χ1v) is 10.0. The largest absolute Gasteiger partial charge is 0.327 e. The molecule has 1 nitrogen and oxygen atoms in total. The van der Waals surface area contributed by atoms with E-state index >= 15 is 0 Å². The van der Waals surface area contributed by atoms with Crippen molar-refractivity contribution in [2.24, 2.45) is 5.73 Å². The number of hydrogen-bond acceptors (Lipinski definition) is 2. The summed E-state index contributed by atoms with van der Waals surface area (Å²) >= 11 is 14.0. The van der Waals surface area contributed by atoms with Crippen LogP contribution in [0.2, 0.25) is 10.0 Å². The van der Waals surface area contributed by atoms with Gasteiger partial charge in [-0.2, -0.15) is 0 Å². The maximum absolute atomic E-state index is 6.25. The van der Waals surface area contributed by atoms with E-state index in [9.17, 15) is 0 Å². The van der Waals surface area contributed by atoms with Gasteiger partial charge < -0.3 is 5.73 Å². The van der Waals surface area contributed by atoms with Crippen molar-refractivity contribution in [1.82, 2.24) is 0 Å². The lowest BCUT2D eigenvalue weighted by Gasteiger charge is -2.10. The van der Waals surface area contributed by atoms with Gasteiger partial charge >= 0.3 is 0 Å². The number of hydrogen-bond donors (Lipinski definition) is 1. The molecule has 0 aliphatic carbocycles. The van der Waals surface area contributed by atoms with E-state index < -0.39 is 0 Å². The zero-order chi connectivity index (χ0) is 18.4.